The van der Waals surface area contributed by atoms with Gasteiger partial charge in [-0.2, -0.15) is 0 Å². The first kappa shape index (κ1) is 11.7. The summed E-state index contributed by atoms with van der Waals surface area (Å²) in [7, 11) is -2.95. The molecular weight excluding hydrogens is 230 g/mol. The highest BCUT2D eigenvalue weighted by atomic mass is 32.2. The van der Waals surface area contributed by atoms with Crippen molar-refractivity contribution in [2.45, 2.75) is 24.9 Å². The Bertz CT molecular complexity index is 364. The molecule has 0 aromatic carbocycles. The van der Waals surface area contributed by atoms with Gasteiger partial charge in [-0.25, -0.2) is 13.2 Å². The molecule has 2 aliphatic rings. The Kier molecular flexibility index (Phi) is 3.34. The summed E-state index contributed by atoms with van der Waals surface area (Å²) in [5.74, 6) is 0.322. The van der Waals surface area contributed by atoms with Gasteiger partial charge in [0.05, 0.1) is 17.5 Å². The number of sulfone groups is 1. The second kappa shape index (κ2) is 4.58. The van der Waals surface area contributed by atoms with Gasteiger partial charge in [0, 0.05) is 19.1 Å². The maximum absolute atomic E-state index is 11.5. The average molecular weight is 247 g/mol. The number of carbonyl (C=O) groups is 1. The van der Waals surface area contributed by atoms with E-state index >= 15 is 0 Å². The molecule has 3 N–H and O–H groups in total. The van der Waals surface area contributed by atoms with Crippen molar-refractivity contribution in [3.05, 3.63) is 0 Å². The first-order valence-corrected chi connectivity index (χ1v) is 7.35. The molecule has 0 bridgehead atoms. The Morgan fingerprint density at radius 2 is 1.88 bits per heavy atom. The third-order valence-electron chi connectivity index (χ3n) is 2.91. The SMILES string of the molecule is O=C(NC1CNC1)NC1CCCS(=O)(=O)C1. The Morgan fingerprint density at radius 3 is 2.44 bits per heavy atom. The highest BCUT2D eigenvalue weighted by molar-refractivity contribution is 7.91. The normalized spacial score (nSPS) is 29.1. The molecule has 0 aromatic heterocycles. The fraction of sp³-hybridized carbons (Fsp3) is 0.889. The van der Waals surface area contributed by atoms with Gasteiger partial charge in [0.1, 0.15) is 0 Å². The van der Waals surface area contributed by atoms with Crippen molar-refractivity contribution in [3.8, 4) is 0 Å². The van der Waals surface area contributed by atoms with Crippen LogP contribution in [0.5, 0.6) is 0 Å². The van der Waals surface area contributed by atoms with Crippen molar-refractivity contribution in [3.63, 3.8) is 0 Å². The van der Waals surface area contributed by atoms with Crippen LogP contribution in [0.3, 0.4) is 0 Å². The number of nitrogens with one attached hydrogen (secondary N) is 3. The Labute approximate surface area is 95.1 Å². The van der Waals surface area contributed by atoms with E-state index < -0.39 is 9.84 Å². The molecular formula is C9H17N3O3S. The van der Waals surface area contributed by atoms with Gasteiger partial charge in [-0.1, -0.05) is 0 Å². The maximum atomic E-state index is 11.5. The lowest BCUT2D eigenvalue weighted by molar-refractivity contribution is 0.227. The summed E-state index contributed by atoms with van der Waals surface area (Å²) in [6.07, 6.45) is 1.38. The minimum atomic E-state index is -2.95. The first-order valence-electron chi connectivity index (χ1n) is 5.53. The van der Waals surface area contributed by atoms with Crippen LogP contribution in [-0.2, 0) is 9.84 Å². The summed E-state index contributed by atoms with van der Waals surface area (Å²) in [5.41, 5.74) is 0. The van der Waals surface area contributed by atoms with E-state index in [1.54, 1.807) is 0 Å². The number of hydrogen-bond donors (Lipinski definition) is 3. The number of carbonyl (C=O) groups excluding carboxylic acids is 1. The molecule has 0 radical (unpaired) electrons. The highest BCUT2D eigenvalue weighted by Gasteiger charge is 2.27. The van der Waals surface area contributed by atoms with Gasteiger partial charge in [0.15, 0.2) is 9.84 Å². The second-order valence-corrected chi connectivity index (χ2v) is 6.66. The quantitative estimate of drug-likeness (QED) is 0.574. The van der Waals surface area contributed by atoms with Crippen LogP contribution in [0, 0.1) is 0 Å². The van der Waals surface area contributed by atoms with E-state index in [0.717, 1.165) is 19.5 Å². The molecule has 2 fully saturated rings. The molecule has 7 heteroatoms. The van der Waals surface area contributed by atoms with E-state index in [1.807, 2.05) is 0 Å². The number of rotatable bonds is 2. The minimum Gasteiger partial charge on any atom is -0.334 e. The molecule has 2 rings (SSSR count). The van der Waals surface area contributed by atoms with E-state index in [-0.39, 0.29) is 29.6 Å². The van der Waals surface area contributed by atoms with Crippen molar-refractivity contribution in [2.75, 3.05) is 24.6 Å². The summed E-state index contributed by atoms with van der Waals surface area (Å²) in [6, 6.07) is -0.305. The molecule has 2 aliphatic heterocycles. The van der Waals surface area contributed by atoms with Crippen LogP contribution < -0.4 is 16.0 Å². The predicted molar refractivity (Wildman–Crippen MR) is 60.0 cm³/mol. The highest BCUT2D eigenvalue weighted by Crippen LogP contribution is 2.11. The van der Waals surface area contributed by atoms with Gasteiger partial charge < -0.3 is 16.0 Å². The first-order chi connectivity index (χ1) is 7.55. The number of urea groups is 1. The smallest absolute Gasteiger partial charge is 0.315 e. The van der Waals surface area contributed by atoms with E-state index in [0.29, 0.717) is 6.42 Å². The summed E-state index contributed by atoms with van der Waals surface area (Å²) in [5, 5.41) is 8.55. The fourth-order valence-electron chi connectivity index (χ4n) is 1.94. The van der Waals surface area contributed by atoms with Crippen molar-refractivity contribution >= 4 is 15.9 Å². The summed E-state index contributed by atoms with van der Waals surface area (Å²) in [6.45, 7) is 1.58. The van der Waals surface area contributed by atoms with Crippen molar-refractivity contribution in [1.82, 2.24) is 16.0 Å². The standard InChI is InChI=1S/C9H17N3O3S/c13-9(12-8-4-10-5-8)11-7-2-1-3-16(14,15)6-7/h7-8,10H,1-6H2,(H2,11,12,13). The van der Waals surface area contributed by atoms with Gasteiger partial charge in [-0.15, -0.1) is 0 Å². The zero-order chi connectivity index (χ0) is 11.6. The Hall–Kier alpha value is -0.820. The van der Waals surface area contributed by atoms with Gasteiger partial charge in [-0.05, 0) is 12.8 Å². The fourth-order valence-corrected chi connectivity index (χ4v) is 3.58. The molecule has 0 saturated carbocycles. The van der Waals surface area contributed by atoms with Gasteiger partial charge in [-0.3, -0.25) is 0 Å². The number of hydrogen-bond acceptors (Lipinski definition) is 4. The third kappa shape index (κ3) is 3.08. The van der Waals surface area contributed by atoms with E-state index in [9.17, 15) is 13.2 Å². The Balaban J connectivity index is 1.77. The van der Waals surface area contributed by atoms with E-state index in [4.69, 9.17) is 0 Å². The van der Waals surface area contributed by atoms with Crippen molar-refractivity contribution in [2.24, 2.45) is 0 Å². The molecule has 92 valence electrons. The average Bonchev–Trinajstić information content (AvgIpc) is 2.10. The van der Waals surface area contributed by atoms with Crippen molar-refractivity contribution < 1.29 is 13.2 Å². The molecule has 0 aromatic rings. The van der Waals surface area contributed by atoms with E-state index in [2.05, 4.69) is 16.0 Å². The summed E-state index contributed by atoms with van der Waals surface area (Å²) in [4.78, 5) is 11.5. The maximum Gasteiger partial charge on any atom is 0.315 e. The van der Waals surface area contributed by atoms with Crippen molar-refractivity contribution in [1.29, 1.82) is 0 Å². The van der Waals surface area contributed by atoms with Crippen LogP contribution in [0.1, 0.15) is 12.8 Å². The molecule has 2 heterocycles. The Morgan fingerprint density at radius 1 is 1.19 bits per heavy atom. The zero-order valence-corrected chi connectivity index (χ0v) is 9.85. The minimum absolute atomic E-state index is 0.0728. The lowest BCUT2D eigenvalue weighted by Crippen LogP contribution is -2.60. The molecule has 1 unspecified atom stereocenters. The summed E-state index contributed by atoms with van der Waals surface area (Å²) < 4.78 is 22.7. The second-order valence-electron chi connectivity index (χ2n) is 4.43. The lowest BCUT2D eigenvalue weighted by Gasteiger charge is -2.29. The molecule has 0 spiro atoms. The van der Waals surface area contributed by atoms with Gasteiger partial charge in [0.25, 0.3) is 0 Å². The van der Waals surface area contributed by atoms with Crippen LogP contribution in [0.25, 0.3) is 0 Å². The molecule has 6 nitrogen and oxygen atoms in total. The van der Waals surface area contributed by atoms with Gasteiger partial charge >= 0.3 is 6.03 Å². The lowest BCUT2D eigenvalue weighted by atomic mass is 10.2. The van der Waals surface area contributed by atoms with Crippen LogP contribution in [0.15, 0.2) is 0 Å². The molecule has 1 atom stereocenters. The molecule has 2 amide bonds. The zero-order valence-electron chi connectivity index (χ0n) is 9.03. The molecule has 0 aliphatic carbocycles. The number of amides is 2. The largest absolute Gasteiger partial charge is 0.334 e. The topological polar surface area (TPSA) is 87.3 Å². The van der Waals surface area contributed by atoms with Crippen LogP contribution >= 0.6 is 0 Å². The van der Waals surface area contributed by atoms with Crippen LogP contribution in [-0.4, -0.2) is 51.1 Å². The predicted octanol–water partition coefficient (Wildman–Crippen LogP) is -1.17. The van der Waals surface area contributed by atoms with Crippen LogP contribution in [0.4, 0.5) is 4.79 Å². The molecule has 2 saturated heterocycles. The van der Waals surface area contributed by atoms with Crippen LogP contribution in [0.2, 0.25) is 0 Å². The third-order valence-corrected chi connectivity index (χ3v) is 4.74. The van der Waals surface area contributed by atoms with Gasteiger partial charge in [0.2, 0.25) is 0 Å². The summed E-state index contributed by atoms with van der Waals surface area (Å²) >= 11 is 0. The monoisotopic (exact) mass is 247 g/mol. The van der Waals surface area contributed by atoms with E-state index in [1.165, 1.54) is 0 Å². The molecule has 16 heavy (non-hydrogen) atoms.